The minimum Gasteiger partial charge on any atom is -0.256 e. The molecule has 2 heteroatoms. The fraction of sp³-hybridized carbons (Fsp3) is 0.235. The van der Waals surface area contributed by atoms with E-state index in [1.54, 1.807) is 0 Å². The van der Waals surface area contributed by atoms with Crippen LogP contribution in [0.3, 0.4) is 0 Å². The van der Waals surface area contributed by atoms with E-state index >= 15 is 0 Å². The second-order valence-electron chi connectivity index (χ2n) is 5.61. The van der Waals surface area contributed by atoms with E-state index in [0.29, 0.717) is 0 Å². The maximum Gasteiger partial charge on any atom is 0.0630 e. The number of rotatable bonds is 2. The van der Waals surface area contributed by atoms with Gasteiger partial charge in [-0.05, 0) is 40.8 Å². The fourth-order valence-electron chi connectivity index (χ4n) is 1.75. The average Bonchev–Trinajstić information content (AvgIpc) is 2.37. The molecule has 0 fully saturated rings. The molecule has 2 aromatic rings. The molecule has 0 saturated heterocycles. The second-order valence-corrected chi connectivity index (χ2v) is 6.52. The minimum atomic E-state index is 0.196. The van der Waals surface area contributed by atoms with Crippen LogP contribution in [0, 0.1) is 0 Å². The largest absolute Gasteiger partial charge is 0.256 e. The zero-order chi connectivity index (χ0) is 13.9. The Hall–Kier alpha value is -1.41. The van der Waals surface area contributed by atoms with Crippen molar-refractivity contribution in [1.29, 1.82) is 0 Å². The molecule has 0 aliphatic carbocycles. The summed E-state index contributed by atoms with van der Waals surface area (Å²) in [5.74, 6) is 0. The molecule has 19 heavy (non-hydrogen) atoms. The molecular formula is C17H18BrN. The minimum absolute atomic E-state index is 0.196. The lowest BCUT2D eigenvalue weighted by molar-refractivity contribution is 0.590. The number of aliphatic imine (C=N–C) groups is 1. The molecule has 0 aromatic heterocycles. The third kappa shape index (κ3) is 4.03. The highest BCUT2D eigenvalue weighted by atomic mass is 79.9. The van der Waals surface area contributed by atoms with Gasteiger partial charge in [0.25, 0.3) is 0 Å². The Morgan fingerprint density at radius 3 is 2.00 bits per heavy atom. The van der Waals surface area contributed by atoms with Crippen LogP contribution in [0.1, 0.15) is 31.9 Å². The van der Waals surface area contributed by atoms with Crippen LogP contribution < -0.4 is 0 Å². The van der Waals surface area contributed by atoms with Crippen molar-refractivity contribution in [1.82, 2.24) is 0 Å². The molecule has 2 aromatic carbocycles. The Kier molecular flexibility index (Phi) is 4.20. The van der Waals surface area contributed by atoms with Crippen molar-refractivity contribution >= 4 is 27.8 Å². The van der Waals surface area contributed by atoms with E-state index in [4.69, 9.17) is 0 Å². The summed E-state index contributed by atoms with van der Waals surface area (Å²) in [5, 5.41) is 0. The van der Waals surface area contributed by atoms with Crippen molar-refractivity contribution in [2.45, 2.75) is 26.2 Å². The van der Waals surface area contributed by atoms with Crippen LogP contribution in [0.15, 0.2) is 58.0 Å². The molecule has 0 amide bonds. The van der Waals surface area contributed by atoms with Crippen LogP contribution in [0.5, 0.6) is 0 Å². The Labute approximate surface area is 123 Å². The summed E-state index contributed by atoms with van der Waals surface area (Å²) < 4.78 is 1.07. The fourth-order valence-corrected chi connectivity index (χ4v) is 2.01. The topological polar surface area (TPSA) is 12.4 Å². The first-order chi connectivity index (χ1) is 8.95. The number of hydrogen-bond acceptors (Lipinski definition) is 1. The van der Waals surface area contributed by atoms with Crippen molar-refractivity contribution in [2.24, 2.45) is 4.99 Å². The molecule has 0 N–H and O–H groups in total. The molecule has 0 atom stereocenters. The van der Waals surface area contributed by atoms with Crippen molar-refractivity contribution in [3.05, 3.63) is 64.1 Å². The Morgan fingerprint density at radius 1 is 0.895 bits per heavy atom. The molecule has 0 saturated carbocycles. The standard InChI is InChI=1S/C17H18BrN/c1-17(2,3)14-6-4-13(5-7-14)12-19-16-10-8-15(18)9-11-16/h4-12H,1-3H3/b19-12+. The zero-order valence-corrected chi connectivity index (χ0v) is 13.1. The van der Waals surface area contributed by atoms with Gasteiger partial charge in [0.05, 0.1) is 5.69 Å². The Morgan fingerprint density at radius 2 is 1.47 bits per heavy atom. The number of hydrogen-bond donors (Lipinski definition) is 0. The van der Waals surface area contributed by atoms with Gasteiger partial charge in [-0.1, -0.05) is 61.0 Å². The normalized spacial score (nSPS) is 12.0. The SMILES string of the molecule is CC(C)(C)c1ccc(/C=N/c2ccc(Br)cc2)cc1. The molecule has 0 aliphatic heterocycles. The van der Waals surface area contributed by atoms with E-state index in [0.717, 1.165) is 15.7 Å². The van der Waals surface area contributed by atoms with Crippen LogP contribution in [0.25, 0.3) is 0 Å². The predicted molar refractivity (Wildman–Crippen MR) is 86.5 cm³/mol. The third-order valence-electron chi connectivity index (χ3n) is 2.97. The van der Waals surface area contributed by atoms with E-state index < -0.39 is 0 Å². The van der Waals surface area contributed by atoms with E-state index in [2.05, 4.69) is 66.0 Å². The van der Waals surface area contributed by atoms with Gasteiger partial charge in [0, 0.05) is 10.7 Å². The molecule has 0 spiro atoms. The molecule has 0 unspecified atom stereocenters. The van der Waals surface area contributed by atoms with Gasteiger partial charge >= 0.3 is 0 Å². The Bertz CT molecular complexity index is 560. The summed E-state index contributed by atoms with van der Waals surface area (Å²) in [5.41, 5.74) is 3.62. The quantitative estimate of drug-likeness (QED) is 0.649. The van der Waals surface area contributed by atoms with Gasteiger partial charge in [0.15, 0.2) is 0 Å². The van der Waals surface area contributed by atoms with Crippen LogP contribution in [-0.2, 0) is 5.41 Å². The zero-order valence-electron chi connectivity index (χ0n) is 11.5. The first kappa shape index (κ1) is 14.0. The summed E-state index contributed by atoms with van der Waals surface area (Å²) in [6, 6.07) is 16.5. The smallest absolute Gasteiger partial charge is 0.0630 e. The summed E-state index contributed by atoms with van der Waals surface area (Å²) >= 11 is 3.42. The molecule has 98 valence electrons. The molecule has 0 heterocycles. The molecule has 0 radical (unpaired) electrons. The molecular weight excluding hydrogens is 298 g/mol. The van der Waals surface area contributed by atoms with Crippen molar-refractivity contribution in [3.8, 4) is 0 Å². The lowest BCUT2D eigenvalue weighted by atomic mass is 9.87. The van der Waals surface area contributed by atoms with Gasteiger partial charge in [0.1, 0.15) is 0 Å². The summed E-state index contributed by atoms with van der Waals surface area (Å²) in [6.07, 6.45) is 1.90. The molecule has 2 rings (SSSR count). The lowest BCUT2D eigenvalue weighted by Crippen LogP contribution is -2.10. The first-order valence-corrected chi connectivity index (χ1v) is 7.15. The van der Waals surface area contributed by atoms with Crippen molar-refractivity contribution < 1.29 is 0 Å². The van der Waals surface area contributed by atoms with Gasteiger partial charge in [-0.15, -0.1) is 0 Å². The number of benzene rings is 2. The molecule has 0 bridgehead atoms. The van der Waals surface area contributed by atoms with Crippen LogP contribution in [0.4, 0.5) is 5.69 Å². The van der Waals surface area contributed by atoms with Gasteiger partial charge in [-0.25, -0.2) is 0 Å². The summed E-state index contributed by atoms with van der Waals surface area (Å²) in [4.78, 5) is 4.46. The van der Waals surface area contributed by atoms with Crippen LogP contribution in [0.2, 0.25) is 0 Å². The summed E-state index contributed by atoms with van der Waals surface area (Å²) in [6.45, 7) is 6.66. The lowest BCUT2D eigenvalue weighted by Gasteiger charge is -2.18. The monoisotopic (exact) mass is 315 g/mol. The maximum atomic E-state index is 4.46. The summed E-state index contributed by atoms with van der Waals surface area (Å²) in [7, 11) is 0. The Balaban J connectivity index is 2.13. The maximum absolute atomic E-state index is 4.46. The van der Waals surface area contributed by atoms with Crippen molar-refractivity contribution in [2.75, 3.05) is 0 Å². The van der Waals surface area contributed by atoms with E-state index in [-0.39, 0.29) is 5.41 Å². The highest BCUT2D eigenvalue weighted by molar-refractivity contribution is 9.10. The third-order valence-corrected chi connectivity index (χ3v) is 3.49. The first-order valence-electron chi connectivity index (χ1n) is 6.35. The predicted octanol–water partition coefficient (Wildman–Crippen LogP) is 5.50. The van der Waals surface area contributed by atoms with Gasteiger partial charge in [0.2, 0.25) is 0 Å². The van der Waals surface area contributed by atoms with Crippen LogP contribution in [-0.4, -0.2) is 6.21 Å². The van der Waals surface area contributed by atoms with Crippen molar-refractivity contribution in [3.63, 3.8) is 0 Å². The number of halogens is 1. The van der Waals surface area contributed by atoms with Crippen LogP contribution >= 0.6 is 15.9 Å². The molecule has 0 aliphatic rings. The van der Waals surface area contributed by atoms with E-state index in [1.165, 1.54) is 5.56 Å². The van der Waals surface area contributed by atoms with Gasteiger partial charge < -0.3 is 0 Å². The highest BCUT2D eigenvalue weighted by Gasteiger charge is 2.12. The van der Waals surface area contributed by atoms with E-state index in [1.807, 2.05) is 30.5 Å². The highest BCUT2D eigenvalue weighted by Crippen LogP contribution is 2.22. The average molecular weight is 316 g/mol. The molecule has 1 nitrogen and oxygen atoms in total. The van der Waals surface area contributed by atoms with Gasteiger partial charge in [-0.2, -0.15) is 0 Å². The second kappa shape index (κ2) is 5.70. The van der Waals surface area contributed by atoms with Gasteiger partial charge in [-0.3, -0.25) is 4.99 Å². The van der Waals surface area contributed by atoms with E-state index in [9.17, 15) is 0 Å². The number of nitrogens with zero attached hydrogens (tertiary/aromatic N) is 1.